The lowest BCUT2D eigenvalue weighted by atomic mass is 9.95. The van der Waals surface area contributed by atoms with Crippen LogP contribution in [0.1, 0.15) is 46.8 Å². The third-order valence-electron chi connectivity index (χ3n) is 4.26. The molecule has 0 atom stereocenters. The van der Waals surface area contributed by atoms with Crippen molar-refractivity contribution >= 4 is 32.9 Å². The van der Waals surface area contributed by atoms with Crippen molar-refractivity contribution in [3.63, 3.8) is 0 Å². The number of aryl methyl sites for hydroxylation is 1. The highest BCUT2D eigenvalue weighted by Gasteiger charge is 2.14. The van der Waals surface area contributed by atoms with Crippen LogP contribution in [0.4, 0.5) is 0 Å². The van der Waals surface area contributed by atoms with Crippen molar-refractivity contribution < 1.29 is 13.9 Å². The summed E-state index contributed by atoms with van der Waals surface area (Å²) in [5.41, 5.74) is 3.38. The Kier molecular flexibility index (Phi) is 5.28. The minimum Gasteiger partial charge on any atom is -0.457 e. The maximum atomic E-state index is 12.3. The number of carbonyl (C=O) groups excluding carboxylic acids is 1. The minimum atomic E-state index is -0.456. The Bertz CT molecular complexity index is 1030. The Labute approximate surface area is 159 Å². The fourth-order valence-corrected chi connectivity index (χ4v) is 3.37. The van der Waals surface area contributed by atoms with E-state index in [4.69, 9.17) is 9.15 Å². The summed E-state index contributed by atoms with van der Waals surface area (Å²) in [4.78, 5) is 24.2. The second-order valence-electron chi connectivity index (χ2n) is 6.54. The van der Waals surface area contributed by atoms with Crippen molar-refractivity contribution in [3.8, 4) is 0 Å². The van der Waals surface area contributed by atoms with Crippen LogP contribution in [0.2, 0.25) is 0 Å². The van der Waals surface area contributed by atoms with Gasteiger partial charge in [0.25, 0.3) is 0 Å². The van der Waals surface area contributed by atoms with Crippen molar-refractivity contribution in [1.29, 1.82) is 0 Å². The fourth-order valence-electron chi connectivity index (χ4n) is 2.97. The highest BCUT2D eigenvalue weighted by molar-refractivity contribution is 9.10. The molecule has 0 aliphatic carbocycles. The summed E-state index contributed by atoms with van der Waals surface area (Å²) >= 11 is 3.34. The van der Waals surface area contributed by atoms with Crippen LogP contribution in [0.3, 0.4) is 0 Å². The predicted molar refractivity (Wildman–Crippen MR) is 105 cm³/mol. The second kappa shape index (κ2) is 7.46. The summed E-state index contributed by atoms with van der Waals surface area (Å²) in [5, 5.41) is 0.793. The summed E-state index contributed by atoms with van der Waals surface area (Å²) in [6.45, 7) is 6.23. The Hall–Kier alpha value is -2.40. The molecule has 0 aliphatic rings. The van der Waals surface area contributed by atoms with Crippen LogP contribution in [0.15, 0.2) is 56.1 Å². The molecular weight excluding hydrogens is 396 g/mol. The molecule has 0 fully saturated rings. The van der Waals surface area contributed by atoms with Gasteiger partial charge in [-0.1, -0.05) is 35.8 Å². The summed E-state index contributed by atoms with van der Waals surface area (Å²) in [6, 6.07) is 12.3. The van der Waals surface area contributed by atoms with Crippen LogP contribution in [0.5, 0.6) is 0 Å². The molecule has 0 N–H and O–H groups in total. The van der Waals surface area contributed by atoms with E-state index in [1.54, 1.807) is 18.2 Å². The molecular formula is C21H19BrO4. The number of benzene rings is 2. The number of hydrogen-bond acceptors (Lipinski definition) is 4. The van der Waals surface area contributed by atoms with Gasteiger partial charge in [0.2, 0.25) is 0 Å². The van der Waals surface area contributed by atoms with E-state index in [1.807, 2.05) is 25.1 Å². The average Bonchev–Trinajstić information content (AvgIpc) is 2.58. The van der Waals surface area contributed by atoms with Gasteiger partial charge in [-0.15, -0.1) is 0 Å². The third-order valence-corrected chi connectivity index (χ3v) is 4.75. The molecule has 0 saturated carbocycles. The summed E-state index contributed by atoms with van der Waals surface area (Å²) in [7, 11) is 0. The third kappa shape index (κ3) is 3.88. The smallest absolute Gasteiger partial charge is 0.338 e. The van der Waals surface area contributed by atoms with Gasteiger partial charge in [0.15, 0.2) is 0 Å². The van der Waals surface area contributed by atoms with Crippen LogP contribution in [-0.4, -0.2) is 5.97 Å². The van der Waals surface area contributed by atoms with Gasteiger partial charge in [-0.2, -0.15) is 0 Å². The SMILES string of the molecule is Cc1cc2oc(=O)cc(COC(=O)c3cccc(Br)c3)c2cc1C(C)C. The van der Waals surface area contributed by atoms with Crippen molar-refractivity contribution in [2.24, 2.45) is 0 Å². The first-order valence-corrected chi connectivity index (χ1v) is 9.14. The molecule has 26 heavy (non-hydrogen) atoms. The zero-order valence-corrected chi connectivity index (χ0v) is 16.4. The predicted octanol–water partition coefficient (Wildman–Crippen LogP) is 5.34. The first-order chi connectivity index (χ1) is 12.3. The summed E-state index contributed by atoms with van der Waals surface area (Å²) in [6.07, 6.45) is 0. The van der Waals surface area contributed by atoms with Gasteiger partial charge in [-0.05, 0) is 54.3 Å². The second-order valence-corrected chi connectivity index (χ2v) is 7.45. The molecule has 0 unspecified atom stereocenters. The first-order valence-electron chi connectivity index (χ1n) is 8.35. The lowest BCUT2D eigenvalue weighted by Crippen LogP contribution is -2.08. The Balaban J connectivity index is 1.95. The van der Waals surface area contributed by atoms with E-state index < -0.39 is 11.6 Å². The lowest BCUT2D eigenvalue weighted by molar-refractivity contribution is 0.0473. The molecule has 1 heterocycles. The van der Waals surface area contributed by atoms with E-state index in [1.165, 1.54) is 11.6 Å². The van der Waals surface area contributed by atoms with E-state index in [0.29, 0.717) is 22.6 Å². The van der Waals surface area contributed by atoms with Crippen LogP contribution in [0, 0.1) is 6.92 Å². The molecule has 3 aromatic rings. The highest BCUT2D eigenvalue weighted by atomic mass is 79.9. The van der Waals surface area contributed by atoms with Crippen molar-refractivity contribution in [2.45, 2.75) is 33.3 Å². The van der Waals surface area contributed by atoms with Gasteiger partial charge in [-0.25, -0.2) is 9.59 Å². The zero-order valence-electron chi connectivity index (χ0n) is 14.8. The number of rotatable bonds is 4. The maximum absolute atomic E-state index is 12.3. The molecule has 4 nitrogen and oxygen atoms in total. The molecule has 134 valence electrons. The molecule has 1 aromatic heterocycles. The summed E-state index contributed by atoms with van der Waals surface area (Å²) in [5.74, 6) is -0.104. The van der Waals surface area contributed by atoms with Crippen molar-refractivity contribution in [1.82, 2.24) is 0 Å². The van der Waals surface area contributed by atoms with E-state index >= 15 is 0 Å². The largest absolute Gasteiger partial charge is 0.457 e. The standard InChI is InChI=1S/C21H19BrO4/c1-12(2)17-10-18-15(9-20(23)26-19(18)7-13(17)3)11-25-21(24)14-5-4-6-16(22)8-14/h4-10,12H,11H2,1-3H3. The summed E-state index contributed by atoms with van der Waals surface area (Å²) < 4.78 is 11.5. The fraction of sp³-hybridized carbons (Fsp3) is 0.238. The normalized spacial score (nSPS) is 11.1. The molecule has 0 radical (unpaired) electrons. The number of fused-ring (bicyclic) bond motifs is 1. The van der Waals surface area contributed by atoms with Gasteiger partial charge < -0.3 is 9.15 Å². The van der Waals surface area contributed by atoms with Crippen LogP contribution in [0.25, 0.3) is 11.0 Å². The minimum absolute atomic E-state index is 0.00798. The number of hydrogen-bond donors (Lipinski definition) is 0. The highest BCUT2D eigenvalue weighted by Crippen LogP contribution is 2.27. The van der Waals surface area contributed by atoms with E-state index in [0.717, 1.165) is 15.4 Å². The Morgan fingerprint density at radius 1 is 1.19 bits per heavy atom. The van der Waals surface area contributed by atoms with Crippen LogP contribution in [-0.2, 0) is 11.3 Å². The van der Waals surface area contributed by atoms with Crippen LogP contribution < -0.4 is 5.63 Å². The monoisotopic (exact) mass is 414 g/mol. The molecule has 2 aromatic carbocycles. The maximum Gasteiger partial charge on any atom is 0.338 e. The number of esters is 1. The van der Waals surface area contributed by atoms with Gasteiger partial charge in [0.1, 0.15) is 12.2 Å². The molecule has 0 saturated heterocycles. The van der Waals surface area contributed by atoms with E-state index in [9.17, 15) is 9.59 Å². The quantitative estimate of drug-likeness (QED) is 0.426. The van der Waals surface area contributed by atoms with Crippen molar-refractivity contribution in [2.75, 3.05) is 0 Å². The lowest BCUT2D eigenvalue weighted by Gasteiger charge is -2.13. The van der Waals surface area contributed by atoms with Gasteiger partial charge in [0.05, 0.1) is 5.56 Å². The number of ether oxygens (including phenoxy) is 1. The molecule has 0 amide bonds. The topological polar surface area (TPSA) is 56.5 Å². The molecule has 3 rings (SSSR count). The van der Waals surface area contributed by atoms with E-state index in [-0.39, 0.29) is 6.61 Å². The molecule has 5 heteroatoms. The molecule has 0 bridgehead atoms. The van der Waals surface area contributed by atoms with Gasteiger partial charge in [-0.3, -0.25) is 0 Å². The molecule has 0 aliphatic heterocycles. The van der Waals surface area contributed by atoms with E-state index in [2.05, 4.69) is 29.8 Å². The van der Waals surface area contributed by atoms with Gasteiger partial charge >= 0.3 is 11.6 Å². The van der Waals surface area contributed by atoms with Crippen molar-refractivity contribution in [3.05, 3.63) is 79.6 Å². The average molecular weight is 415 g/mol. The first kappa shape index (κ1) is 18.4. The Morgan fingerprint density at radius 3 is 2.65 bits per heavy atom. The zero-order chi connectivity index (χ0) is 18.8. The molecule has 0 spiro atoms. The van der Waals surface area contributed by atoms with Gasteiger partial charge in [0, 0.05) is 21.5 Å². The Morgan fingerprint density at radius 2 is 1.96 bits per heavy atom. The van der Waals surface area contributed by atoms with Crippen LogP contribution >= 0.6 is 15.9 Å². The number of carbonyl (C=O) groups is 1. The number of halogens is 1.